The van der Waals surface area contributed by atoms with Crippen molar-refractivity contribution in [2.75, 3.05) is 27.1 Å². The highest BCUT2D eigenvalue weighted by atomic mass is 16.7. The van der Waals surface area contributed by atoms with Crippen LogP contribution in [0, 0.1) is 0 Å². The SMILES string of the molecule is COc1ccnc(C(=O)NC2COC[C@H](Oc3ccccc3)[C@@H](Oc3ccccc3)[C@H](C)OC2=O)c1OCOC(C)=O. The zero-order chi connectivity index (χ0) is 29.9. The van der Waals surface area contributed by atoms with E-state index in [-0.39, 0.29) is 30.4 Å². The number of carbonyl (C=O) groups is 3. The number of methoxy groups -OCH3 is 1. The lowest BCUT2D eigenvalue weighted by molar-refractivity contribution is -0.156. The number of cyclic esters (lactones) is 1. The van der Waals surface area contributed by atoms with E-state index in [4.69, 9.17) is 33.2 Å². The number of nitrogens with one attached hydrogen (secondary N) is 1. The minimum atomic E-state index is -1.21. The standard InChI is InChI=1S/C30H32N2O10/c1-19-27(42-22-12-8-5-9-13-22)25(41-21-10-6-4-7-11-21)17-37-16-23(30(35)40-19)32-29(34)26-28(39-18-38-20(2)33)24(36-3)14-15-31-26/h4-15,19,23,25,27H,16-18H2,1-3H3,(H,32,34)/t19-,23?,25-,27-/m0/s1. The van der Waals surface area contributed by atoms with Crippen LogP contribution in [-0.2, 0) is 23.8 Å². The number of para-hydroxylation sites is 2. The van der Waals surface area contributed by atoms with Gasteiger partial charge in [0.15, 0.2) is 35.4 Å². The molecule has 1 N–H and O–H groups in total. The average Bonchev–Trinajstić information content (AvgIpc) is 3.03. The molecule has 0 saturated carbocycles. The molecule has 222 valence electrons. The van der Waals surface area contributed by atoms with Crippen LogP contribution < -0.4 is 24.3 Å². The van der Waals surface area contributed by atoms with Gasteiger partial charge in [-0.1, -0.05) is 36.4 Å². The summed E-state index contributed by atoms with van der Waals surface area (Å²) in [4.78, 5) is 41.8. The molecule has 1 aromatic heterocycles. The number of hydrogen-bond acceptors (Lipinski definition) is 11. The average molecular weight is 581 g/mol. The molecular formula is C30H32N2O10. The highest BCUT2D eigenvalue weighted by Gasteiger charge is 2.38. The lowest BCUT2D eigenvalue weighted by atomic mass is 10.1. The molecule has 1 aliphatic rings. The molecule has 1 saturated heterocycles. The predicted molar refractivity (Wildman–Crippen MR) is 147 cm³/mol. The van der Waals surface area contributed by atoms with Crippen molar-refractivity contribution in [3.63, 3.8) is 0 Å². The second-order valence-corrected chi connectivity index (χ2v) is 9.16. The van der Waals surface area contributed by atoms with Gasteiger partial charge in [-0.25, -0.2) is 9.78 Å². The molecule has 4 atom stereocenters. The molecule has 12 nitrogen and oxygen atoms in total. The van der Waals surface area contributed by atoms with Crippen molar-refractivity contribution in [2.24, 2.45) is 0 Å². The quantitative estimate of drug-likeness (QED) is 0.280. The maximum Gasteiger partial charge on any atom is 0.331 e. The lowest BCUT2D eigenvalue weighted by Gasteiger charge is -2.31. The van der Waals surface area contributed by atoms with E-state index in [2.05, 4.69) is 10.3 Å². The highest BCUT2D eigenvalue weighted by molar-refractivity contribution is 5.98. The molecule has 1 amide bonds. The normalized spacial score (nSPS) is 20.5. The molecule has 1 fully saturated rings. The Morgan fingerprint density at radius 1 is 0.976 bits per heavy atom. The lowest BCUT2D eigenvalue weighted by Crippen LogP contribution is -2.48. The van der Waals surface area contributed by atoms with Crippen LogP contribution in [0.2, 0.25) is 0 Å². The first-order valence-electron chi connectivity index (χ1n) is 13.2. The zero-order valence-electron chi connectivity index (χ0n) is 23.4. The van der Waals surface area contributed by atoms with Crippen LogP contribution in [0.15, 0.2) is 72.9 Å². The number of esters is 2. The van der Waals surface area contributed by atoms with E-state index in [0.717, 1.165) is 0 Å². The van der Waals surface area contributed by atoms with E-state index < -0.39 is 49.0 Å². The Bertz CT molecular complexity index is 1340. The maximum absolute atomic E-state index is 13.3. The molecule has 42 heavy (non-hydrogen) atoms. The summed E-state index contributed by atoms with van der Waals surface area (Å²) in [7, 11) is 1.38. The number of ether oxygens (including phenoxy) is 7. The molecule has 0 radical (unpaired) electrons. The third-order valence-electron chi connectivity index (χ3n) is 6.10. The zero-order valence-corrected chi connectivity index (χ0v) is 23.4. The molecular weight excluding hydrogens is 548 g/mol. The third kappa shape index (κ3) is 8.10. The summed E-state index contributed by atoms with van der Waals surface area (Å²) in [5.41, 5.74) is -0.196. The van der Waals surface area contributed by atoms with Crippen LogP contribution in [0.5, 0.6) is 23.0 Å². The van der Waals surface area contributed by atoms with E-state index in [1.165, 1.54) is 26.3 Å². The molecule has 1 unspecified atom stereocenters. The second kappa shape index (κ2) is 14.7. The first kappa shape index (κ1) is 30.1. The fourth-order valence-electron chi connectivity index (χ4n) is 4.09. The number of pyridine rings is 1. The second-order valence-electron chi connectivity index (χ2n) is 9.16. The van der Waals surface area contributed by atoms with Gasteiger partial charge in [-0.05, 0) is 31.2 Å². The fourth-order valence-corrected chi connectivity index (χ4v) is 4.09. The van der Waals surface area contributed by atoms with Gasteiger partial charge in [0.25, 0.3) is 5.91 Å². The van der Waals surface area contributed by atoms with Crippen LogP contribution in [-0.4, -0.2) is 74.3 Å². The topological polar surface area (TPSA) is 141 Å². The number of rotatable bonds is 10. The van der Waals surface area contributed by atoms with E-state index in [0.29, 0.717) is 11.5 Å². The monoisotopic (exact) mass is 580 g/mol. The van der Waals surface area contributed by atoms with Crippen LogP contribution in [0.25, 0.3) is 0 Å². The smallest absolute Gasteiger partial charge is 0.331 e. The van der Waals surface area contributed by atoms with Crippen molar-refractivity contribution < 1.29 is 47.5 Å². The number of benzene rings is 2. The number of carbonyl (C=O) groups excluding carboxylic acids is 3. The molecule has 12 heteroatoms. The maximum atomic E-state index is 13.3. The molecule has 1 aliphatic heterocycles. The van der Waals surface area contributed by atoms with Crippen molar-refractivity contribution in [1.82, 2.24) is 10.3 Å². The summed E-state index contributed by atoms with van der Waals surface area (Å²) in [6.45, 7) is 2.22. The molecule has 0 spiro atoms. The predicted octanol–water partition coefficient (Wildman–Crippen LogP) is 2.95. The van der Waals surface area contributed by atoms with Gasteiger partial charge < -0.3 is 38.5 Å². The van der Waals surface area contributed by atoms with Gasteiger partial charge >= 0.3 is 11.9 Å². The summed E-state index contributed by atoms with van der Waals surface area (Å²) in [5.74, 6) is -0.848. The van der Waals surface area contributed by atoms with Crippen molar-refractivity contribution in [2.45, 2.75) is 38.2 Å². The summed E-state index contributed by atoms with van der Waals surface area (Å²) >= 11 is 0. The molecule has 0 aliphatic carbocycles. The first-order chi connectivity index (χ1) is 20.4. The minimum Gasteiger partial charge on any atom is -0.493 e. The van der Waals surface area contributed by atoms with Crippen LogP contribution >= 0.6 is 0 Å². The largest absolute Gasteiger partial charge is 0.493 e. The van der Waals surface area contributed by atoms with Crippen molar-refractivity contribution in [3.8, 4) is 23.0 Å². The molecule has 4 rings (SSSR count). The Balaban J connectivity index is 1.54. The van der Waals surface area contributed by atoms with Crippen LogP contribution in [0.3, 0.4) is 0 Å². The Hall–Kier alpha value is -4.84. The molecule has 0 bridgehead atoms. The number of aromatic nitrogens is 1. The van der Waals surface area contributed by atoms with Crippen molar-refractivity contribution in [3.05, 3.63) is 78.6 Å². The van der Waals surface area contributed by atoms with Gasteiger partial charge in [-0.15, -0.1) is 0 Å². The summed E-state index contributed by atoms with van der Waals surface area (Å²) in [6, 6.07) is 18.5. The van der Waals surface area contributed by atoms with Crippen molar-refractivity contribution >= 4 is 17.8 Å². The van der Waals surface area contributed by atoms with E-state index >= 15 is 0 Å². The Kier molecular flexibility index (Phi) is 10.5. The van der Waals surface area contributed by atoms with E-state index in [1.54, 1.807) is 31.2 Å². The number of amides is 1. The summed E-state index contributed by atoms with van der Waals surface area (Å²) in [5, 5.41) is 2.60. The van der Waals surface area contributed by atoms with Gasteiger partial charge in [-0.3, -0.25) is 9.59 Å². The highest BCUT2D eigenvalue weighted by Crippen LogP contribution is 2.30. The Morgan fingerprint density at radius 3 is 2.29 bits per heavy atom. The van der Waals surface area contributed by atoms with E-state index in [1.807, 2.05) is 36.4 Å². The minimum absolute atomic E-state index is 0.0217. The Morgan fingerprint density at radius 2 is 1.64 bits per heavy atom. The van der Waals surface area contributed by atoms with Gasteiger partial charge in [0, 0.05) is 19.2 Å². The van der Waals surface area contributed by atoms with Gasteiger partial charge in [0.05, 0.1) is 20.3 Å². The molecule has 2 aromatic carbocycles. The first-order valence-corrected chi connectivity index (χ1v) is 13.2. The van der Waals surface area contributed by atoms with Crippen LogP contribution in [0.1, 0.15) is 24.3 Å². The van der Waals surface area contributed by atoms with Gasteiger partial charge in [-0.2, -0.15) is 0 Å². The van der Waals surface area contributed by atoms with Gasteiger partial charge in [0.1, 0.15) is 17.6 Å². The van der Waals surface area contributed by atoms with Crippen LogP contribution in [0.4, 0.5) is 0 Å². The molecule has 2 heterocycles. The Labute approximate surface area is 242 Å². The number of nitrogens with zero attached hydrogens (tertiary/aromatic N) is 1. The van der Waals surface area contributed by atoms with Gasteiger partial charge in [0.2, 0.25) is 6.79 Å². The molecule has 3 aromatic rings. The third-order valence-corrected chi connectivity index (χ3v) is 6.10. The summed E-state index contributed by atoms with van der Waals surface area (Å²) < 4.78 is 39.6. The fraction of sp³-hybridized carbons (Fsp3) is 0.333. The summed E-state index contributed by atoms with van der Waals surface area (Å²) in [6.07, 6.45) is -0.896. The number of hydrogen-bond donors (Lipinski definition) is 1. The van der Waals surface area contributed by atoms with Crippen molar-refractivity contribution in [1.29, 1.82) is 0 Å². The van der Waals surface area contributed by atoms with E-state index in [9.17, 15) is 14.4 Å².